The summed E-state index contributed by atoms with van der Waals surface area (Å²) in [5.74, 6) is 1.05. The van der Waals surface area contributed by atoms with E-state index < -0.39 is 26.8 Å². The van der Waals surface area contributed by atoms with Gasteiger partial charge in [0.05, 0.1) is 27.9 Å². The van der Waals surface area contributed by atoms with E-state index in [1.807, 2.05) is 55.5 Å². The second kappa shape index (κ2) is 13.6. The third kappa shape index (κ3) is 6.84. The predicted molar refractivity (Wildman–Crippen MR) is 169 cm³/mol. The quantitative estimate of drug-likeness (QED) is 0.121. The first-order valence-electron chi connectivity index (χ1n) is 14.6. The van der Waals surface area contributed by atoms with Gasteiger partial charge >= 0.3 is 10.9 Å². The van der Waals surface area contributed by atoms with Crippen LogP contribution in [0.1, 0.15) is 19.8 Å². The van der Waals surface area contributed by atoms with Crippen LogP contribution in [-0.2, 0) is 14.6 Å². The summed E-state index contributed by atoms with van der Waals surface area (Å²) in [5, 5.41) is 19.7. The number of benzene rings is 3. The number of anilines is 2. The largest absolute Gasteiger partial charge is 0.494 e. The van der Waals surface area contributed by atoms with E-state index in [9.17, 15) is 18.4 Å². The maximum absolute atomic E-state index is 13.1. The van der Waals surface area contributed by atoms with E-state index in [1.54, 1.807) is 23.1 Å². The first-order valence-corrected chi connectivity index (χ1v) is 17.0. The van der Waals surface area contributed by atoms with Gasteiger partial charge in [-0.2, -0.15) is 0 Å². The number of para-hydroxylation sites is 1. The molecule has 0 radical (unpaired) electrons. The summed E-state index contributed by atoms with van der Waals surface area (Å²) in [6.07, 6.45) is 0.358. The molecular formula is C31H30N6O7S2. The van der Waals surface area contributed by atoms with E-state index in [0.29, 0.717) is 43.5 Å². The van der Waals surface area contributed by atoms with Crippen LogP contribution in [0.4, 0.5) is 11.5 Å². The molecule has 0 atom stereocenters. The zero-order chi connectivity index (χ0) is 32.1. The van der Waals surface area contributed by atoms with Crippen LogP contribution in [-0.4, -0.2) is 65.9 Å². The Morgan fingerprint density at radius 3 is 2.50 bits per heavy atom. The van der Waals surface area contributed by atoms with Gasteiger partial charge in [-0.15, -0.1) is 0 Å². The summed E-state index contributed by atoms with van der Waals surface area (Å²) < 4.78 is 42.0. The third-order valence-corrected chi connectivity index (χ3v) is 9.82. The van der Waals surface area contributed by atoms with Crippen molar-refractivity contribution < 1.29 is 32.2 Å². The Bertz CT molecular complexity index is 1930. The van der Waals surface area contributed by atoms with Crippen LogP contribution < -0.4 is 19.7 Å². The van der Waals surface area contributed by atoms with Gasteiger partial charge in [0.1, 0.15) is 17.7 Å². The van der Waals surface area contributed by atoms with Crippen LogP contribution in [0.15, 0.2) is 98.6 Å². The monoisotopic (exact) mass is 662 g/mol. The number of thioether (sulfide) groups is 1. The smallest absolute Gasteiger partial charge is 0.415 e. The molecule has 2 aromatic heterocycles. The van der Waals surface area contributed by atoms with Gasteiger partial charge in [-0.3, -0.25) is 9.42 Å². The van der Waals surface area contributed by atoms with Crippen molar-refractivity contribution in [3.05, 3.63) is 84.1 Å². The van der Waals surface area contributed by atoms with E-state index in [-0.39, 0.29) is 21.5 Å². The number of carbonyl (C=O) groups is 1. The van der Waals surface area contributed by atoms with E-state index in [0.717, 1.165) is 22.3 Å². The van der Waals surface area contributed by atoms with Gasteiger partial charge in [0, 0.05) is 37.0 Å². The number of nitrogens with one attached hydrogen (secondary N) is 1. The molecule has 1 N–H and O–H groups in total. The Balaban J connectivity index is 1.07. The van der Waals surface area contributed by atoms with Crippen LogP contribution >= 0.6 is 11.8 Å². The van der Waals surface area contributed by atoms with Gasteiger partial charge < -0.3 is 24.9 Å². The van der Waals surface area contributed by atoms with Crippen LogP contribution in [0.2, 0.25) is 0 Å². The maximum Gasteiger partial charge on any atom is 0.415 e. The molecule has 0 unspecified atom stereocenters. The molecule has 0 aliphatic carbocycles. The fourth-order valence-electron chi connectivity index (χ4n) is 4.98. The second-order valence-corrected chi connectivity index (χ2v) is 13.1. The lowest BCUT2D eigenvalue weighted by molar-refractivity contribution is -0.832. The summed E-state index contributed by atoms with van der Waals surface area (Å²) >= 11 is 1.25. The minimum absolute atomic E-state index is 0.0833. The molecule has 13 nitrogen and oxygen atoms in total. The Morgan fingerprint density at radius 2 is 1.76 bits per heavy atom. The molecule has 3 aromatic carbocycles. The number of rotatable bonds is 11. The van der Waals surface area contributed by atoms with Crippen molar-refractivity contribution in [3.63, 3.8) is 0 Å². The molecule has 1 saturated heterocycles. The van der Waals surface area contributed by atoms with E-state index >= 15 is 0 Å². The zero-order valence-corrected chi connectivity index (χ0v) is 26.4. The van der Waals surface area contributed by atoms with Gasteiger partial charge in [0.2, 0.25) is 5.91 Å². The number of sulfone groups is 1. The predicted octanol–water partition coefficient (Wildman–Crippen LogP) is 4.39. The normalized spacial score (nSPS) is 13.9. The number of ether oxygens (including phenoxy) is 2. The molecular weight excluding hydrogens is 633 g/mol. The highest BCUT2D eigenvalue weighted by molar-refractivity contribution is 7.99. The van der Waals surface area contributed by atoms with Crippen LogP contribution in [0.3, 0.4) is 0 Å². The molecule has 3 heterocycles. The molecule has 5 aromatic rings. The standard InChI is InChI=1S/C31H30N6O7S2/c1-2-42-22-14-12-21(13-15-22)32-28-25-10-6-7-11-26(25)33-31(34-28)45-20-27(38)36-18-16-23(17-19-36)43-29-30(37(39)44-35-29)46(40,41)24-8-4-3-5-9-24/h3-15,23H,2,16-20H2,1H3,(H,32,33,34). The van der Waals surface area contributed by atoms with Crippen LogP contribution in [0, 0.1) is 5.21 Å². The Kier molecular flexibility index (Phi) is 9.21. The first kappa shape index (κ1) is 31.1. The number of piperidine rings is 1. The van der Waals surface area contributed by atoms with Crippen LogP contribution in [0.5, 0.6) is 11.6 Å². The SMILES string of the molecule is CCOc1ccc(Nc2nc(SCC(=O)N3CCC(Oc4no[n+]([O-])c4S(=O)(=O)c4ccccc4)CC3)nc3ccccc23)cc1. The molecule has 1 aliphatic heterocycles. The summed E-state index contributed by atoms with van der Waals surface area (Å²) in [6.45, 7) is 3.28. The first-order chi connectivity index (χ1) is 22.3. The summed E-state index contributed by atoms with van der Waals surface area (Å²) in [4.78, 5) is 24.0. The van der Waals surface area contributed by atoms with Crippen molar-refractivity contribution in [2.24, 2.45) is 0 Å². The zero-order valence-electron chi connectivity index (χ0n) is 24.7. The van der Waals surface area contributed by atoms with E-state index in [2.05, 4.69) is 20.1 Å². The van der Waals surface area contributed by atoms with E-state index in [4.69, 9.17) is 14.5 Å². The molecule has 1 amide bonds. The third-order valence-electron chi connectivity index (χ3n) is 7.26. The van der Waals surface area contributed by atoms with Crippen molar-refractivity contribution in [1.29, 1.82) is 0 Å². The van der Waals surface area contributed by atoms with Gasteiger partial charge in [-0.1, -0.05) is 42.1 Å². The highest BCUT2D eigenvalue weighted by atomic mass is 32.2. The topological polar surface area (TPSA) is 164 Å². The Hall–Kier alpha value is -4.89. The van der Waals surface area contributed by atoms with Crippen molar-refractivity contribution >= 4 is 49.9 Å². The van der Waals surface area contributed by atoms with Gasteiger partial charge in [-0.05, 0) is 60.4 Å². The van der Waals surface area contributed by atoms with Crippen molar-refractivity contribution in [2.75, 3.05) is 30.8 Å². The highest BCUT2D eigenvalue weighted by Crippen LogP contribution is 2.30. The lowest BCUT2D eigenvalue weighted by Gasteiger charge is -2.31. The fraction of sp³-hybridized carbons (Fsp3) is 0.258. The number of nitrogens with zero attached hydrogens (tertiary/aromatic N) is 5. The lowest BCUT2D eigenvalue weighted by Crippen LogP contribution is -2.42. The van der Waals surface area contributed by atoms with Gasteiger partial charge in [0.15, 0.2) is 5.16 Å². The number of likely N-dealkylation sites (tertiary alicyclic amines) is 1. The molecule has 1 fully saturated rings. The molecule has 15 heteroatoms. The molecule has 0 spiro atoms. The molecule has 1 aliphatic rings. The number of hydrogen-bond acceptors (Lipinski definition) is 12. The average molecular weight is 663 g/mol. The Morgan fingerprint density at radius 1 is 1.04 bits per heavy atom. The fourth-order valence-corrected chi connectivity index (χ4v) is 7.01. The van der Waals surface area contributed by atoms with Gasteiger partial charge in [0.25, 0.3) is 9.84 Å². The average Bonchev–Trinajstić information content (AvgIpc) is 3.45. The molecule has 0 saturated carbocycles. The molecule has 238 valence electrons. The second-order valence-electron chi connectivity index (χ2n) is 10.3. The molecule has 0 bridgehead atoms. The van der Waals surface area contributed by atoms with Crippen LogP contribution in [0.25, 0.3) is 10.9 Å². The molecule has 46 heavy (non-hydrogen) atoms. The lowest BCUT2D eigenvalue weighted by atomic mass is 10.1. The minimum atomic E-state index is -4.22. The maximum atomic E-state index is 13.1. The number of carbonyl (C=O) groups excluding carboxylic acids is 1. The number of amides is 1. The highest BCUT2D eigenvalue weighted by Gasteiger charge is 2.37. The Labute approximate surface area is 269 Å². The minimum Gasteiger partial charge on any atom is -0.494 e. The molecule has 6 rings (SSSR count). The van der Waals surface area contributed by atoms with Crippen molar-refractivity contribution in [1.82, 2.24) is 20.0 Å². The summed E-state index contributed by atoms with van der Waals surface area (Å²) in [7, 11) is -4.22. The number of hydrogen-bond donors (Lipinski definition) is 1. The number of aromatic nitrogens is 4. The summed E-state index contributed by atoms with van der Waals surface area (Å²) in [6, 6.07) is 22.8. The summed E-state index contributed by atoms with van der Waals surface area (Å²) in [5.41, 5.74) is 1.59. The number of fused-ring (bicyclic) bond motifs is 1. The van der Waals surface area contributed by atoms with Crippen molar-refractivity contribution in [3.8, 4) is 11.6 Å². The van der Waals surface area contributed by atoms with Gasteiger partial charge in [-0.25, -0.2) is 18.4 Å². The van der Waals surface area contributed by atoms with E-state index in [1.165, 1.54) is 23.9 Å². The van der Waals surface area contributed by atoms with Crippen molar-refractivity contribution in [2.45, 2.75) is 40.9 Å².